The van der Waals surface area contributed by atoms with Crippen molar-refractivity contribution < 1.29 is 19.1 Å². The standard InChI is InChI=1S/C19H25N5O4/c1-19(2,3)28-18(26)23-12-14(10-15(23)17(25)27-4)16-20-22-24(21-16)11-13-8-6-5-7-9-13/h5-9,14-15H,10-12H2,1-4H3/t14-,15+/m1/s1. The third-order valence-electron chi connectivity index (χ3n) is 4.40. The maximum absolute atomic E-state index is 12.5. The largest absolute Gasteiger partial charge is 0.467 e. The van der Waals surface area contributed by atoms with Crippen LogP contribution in [0.25, 0.3) is 0 Å². The lowest BCUT2D eigenvalue weighted by molar-refractivity contribution is -0.145. The Labute approximate surface area is 163 Å². The topological polar surface area (TPSA) is 99.4 Å². The van der Waals surface area contributed by atoms with Crippen LogP contribution in [0.2, 0.25) is 0 Å². The molecule has 3 rings (SSSR count). The number of rotatable bonds is 4. The molecular weight excluding hydrogens is 362 g/mol. The van der Waals surface area contributed by atoms with Gasteiger partial charge in [-0.05, 0) is 38.0 Å². The highest BCUT2D eigenvalue weighted by molar-refractivity contribution is 5.82. The molecule has 0 bridgehead atoms. The quantitative estimate of drug-likeness (QED) is 0.740. The lowest BCUT2D eigenvalue weighted by Crippen LogP contribution is -2.43. The van der Waals surface area contributed by atoms with Crippen LogP contribution >= 0.6 is 0 Å². The fraction of sp³-hybridized carbons (Fsp3) is 0.526. The Hall–Kier alpha value is -2.97. The van der Waals surface area contributed by atoms with Crippen molar-refractivity contribution in [2.45, 2.75) is 51.3 Å². The monoisotopic (exact) mass is 387 g/mol. The maximum atomic E-state index is 12.5. The van der Waals surface area contributed by atoms with E-state index in [4.69, 9.17) is 9.47 Å². The summed E-state index contributed by atoms with van der Waals surface area (Å²) in [6.45, 7) is 6.11. The van der Waals surface area contributed by atoms with Crippen molar-refractivity contribution >= 4 is 12.1 Å². The minimum Gasteiger partial charge on any atom is -0.467 e. The van der Waals surface area contributed by atoms with Crippen LogP contribution in [-0.2, 0) is 20.8 Å². The minimum atomic E-state index is -0.731. The second-order valence-corrected chi connectivity index (χ2v) is 7.77. The van der Waals surface area contributed by atoms with Gasteiger partial charge < -0.3 is 9.47 Å². The van der Waals surface area contributed by atoms with Gasteiger partial charge in [0.25, 0.3) is 0 Å². The van der Waals surface area contributed by atoms with E-state index in [1.807, 2.05) is 30.3 Å². The summed E-state index contributed by atoms with van der Waals surface area (Å²) in [6.07, 6.45) is -0.190. The van der Waals surface area contributed by atoms with Crippen LogP contribution in [0, 0.1) is 0 Å². The first-order chi connectivity index (χ1) is 13.3. The molecule has 0 saturated carbocycles. The minimum absolute atomic E-state index is 0.221. The molecule has 1 aromatic heterocycles. The van der Waals surface area contributed by atoms with E-state index < -0.39 is 23.7 Å². The molecule has 1 aromatic carbocycles. The third-order valence-corrected chi connectivity index (χ3v) is 4.40. The number of hydrogen-bond acceptors (Lipinski definition) is 7. The SMILES string of the molecule is COC(=O)[C@@H]1C[C@@H](c2nnn(Cc3ccccc3)n2)CN1C(=O)OC(C)(C)C. The van der Waals surface area contributed by atoms with Crippen LogP contribution < -0.4 is 0 Å². The molecule has 2 atom stereocenters. The molecule has 1 amide bonds. The van der Waals surface area contributed by atoms with Gasteiger partial charge in [0.1, 0.15) is 11.6 Å². The summed E-state index contributed by atoms with van der Waals surface area (Å²) in [5, 5.41) is 12.7. The summed E-state index contributed by atoms with van der Waals surface area (Å²) in [4.78, 5) is 27.6. The number of benzene rings is 1. The molecule has 1 fully saturated rings. The first-order valence-corrected chi connectivity index (χ1v) is 9.16. The van der Waals surface area contributed by atoms with Crippen LogP contribution in [0.4, 0.5) is 4.79 Å². The number of carbonyl (C=O) groups is 2. The van der Waals surface area contributed by atoms with E-state index in [9.17, 15) is 9.59 Å². The second kappa shape index (κ2) is 7.95. The van der Waals surface area contributed by atoms with Gasteiger partial charge in [0.2, 0.25) is 0 Å². The summed E-state index contributed by atoms with van der Waals surface area (Å²) < 4.78 is 10.3. The highest BCUT2D eigenvalue weighted by Crippen LogP contribution is 2.31. The molecule has 0 aliphatic carbocycles. The fourth-order valence-electron chi connectivity index (χ4n) is 3.14. The van der Waals surface area contributed by atoms with Crippen molar-refractivity contribution in [3.63, 3.8) is 0 Å². The van der Waals surface area contributed by atoms with E-state index in [-0.39, 0.29) is 12.5 Å². The van der Waals surface area contributed by atoms with E-state index in [0.717, 1.165) is 5.56 Å². The van der Waals surface area contributed by atoms with Crippen molar-refractivity contribution in [3.8, 4) is 0 Å². The van der Waals surface area contributed by atoms with Crippen molar-refractivity contribution in [1.82, 2.24) is 25.1 Å². The van der Waals surface area contributed by atoms with Gasteiger partial charge in [0.05, 0.1) is 13.7 Å². The van der Waals surface area contributed by atoms with Gasteiger partial charge in [-0.3, -0.25) is 4.90 Å². The zero-order chi connectivity index (χ0) is 20.3. The number of tetrazole rings is 1. The number of ether oxygens (including phenoxy) is 2. The average Bonchev–Trinajstić information content (AvgIpc) is 3.27. The van der Waals surface area contributed by atoms with Crippen LogP contribution in [0.5, 0.6) is 0 Å². The first-order valence-electron chi connectivity index (χ1n) is 9.16. The average molecular weight is 387 g/mol. The van der Waals surface area contributed by atoms with E-state index in [1.54, 1.807) is 20.8 Å². The van der Waals surface area contributed by atoms with Crippen molar-refractivity contribution in [2.24, 2.45) is 0 Å². The number of esters is 1. The molecule has 9 nitrogen and oxygen atoms in total. The molecule has 1 aliphatic rings. The highest BCUT2D eigenvalue weighted by Gasteiger charge is 2.44. The van der Waals surface area contributed by atoms with Crippen LogP contribution in [-0.4, -0.2) is 62.5 Å². The number of likely N-dealkylation sites (tertiary alicyclic amines) is 1. The van der Waals surface area contributed by atoms with Crippen molar-refractivity contribution in [1.29, 1.82) is 0 Å². The number of aromatic nitrogens is 4. The summed E-state index contributed by atoms with van der Waals surface area (Å²) >= 11 is 0. The van der Waals surface area contributed by atoms with E-state index in [1.165, 1.54) is 16.8 Å². The molecule has 150 valence electrons. The zero-order valence-corrected chi connectivity index (χ0v) is 16.5. The van der Waals surface area contributed by atoms with Gasteiger partial charge in [-0.1, -0.05) is 30.3 Å². The molecule has 0 unspecified atom stereocenters. The first kappa shape index (κ1) is 19.8. The van der Waals surface area contributed by atoms with E-state index in [2.05, 4.69) is 15.4 Å². The predicted molar refractivity (Wildman–Crippen MR) is 99.5 cm³/mol. The Morgan fingerprint density at radius 3 is 2.57 bits per heavy atom. The van der Waals surface area contributed by atoms with E-state index >= 15 is 0 Å². The molecule has 2 heterocycles. The van der Waals surface area contributed by atoms with Crippen LogP contribution in [0.15, 0.2) is 30.3 Å². The molecule has 1 saturated heterocycles. The highest BCUT2D eigenvalue weighted by atomic mass is 16.6. The normalized spacial score (nSPS) is 19.5. The summed E-state index contributed by atoms with van der Waals surface area (Å²) in [5.41, 5.74) is 0.396. The van der Waals surface area contributed by atoms with Crippen LogP contribution in [0.1, 0.15) is 44.5 Å². The second-order valence-electron chi connectivity index (χ2n) is 7.77. The molecule has 0 N–H and O–H groups in total. The Morgan fingerprint density at radius 1 is 1.21 bits per heavy atom. The van der Waals surface area contributed by atoms with Crippen LogP contribution in [0.3, 0.4) is 0 Å². The summed E-state index contributed by atoms with van der Waals surface area (Å²) in [6, 6.07) is 9.08. The number of methoxy groups -OCH3 is 1. The van der Waals surface area contributed by atoms with Crippen molar-refractivity contribution in [2.75, 3.05) is 13.7 Å². The fourth-order valence-corrected chi connectivity index (χ4v) is 3.14. The van der Waals surface area contributed by atoms with Gasteiger partial charge >= 0.3 is 12.1 Å². The van der Waals surface area contributed by atoms with Gasteiger partial charge in [-0.25, -0.2) is 9.59 Å². The Kier molecular flexibility index (Phi) is 5.62. The number of hydrogen-bond donors (Lipinski definition) is 0. The zero-order valence-electron chi connectivity index (χ0n) is 16.5. The number of amides is 1. The molecule has 1 aliphatic heterocycles. The number of nitrogens with zero attached hydrogens (tertiary/aromatic N) is 5. The lowest BCUT2D eigenvalue weighted by Gasteiger charge is -2.27. The molecular formula is C19H25N5O4. The third kappa shape index (κ3) is 4.65. The summed E-state index contributed by atoms with van der Waals surface area (Å²) in [5.74, 6) is -0.206. The van der Waals surface area contributed by atoms with Gasteiger partial charge in [-0.15, -0.1) is 10.2 Å². The molecule has 0 spiro atoms. The molecule has 9 heteroatoms. The van der Waals surface area contributed by atoms with Gasteiger partial charge in [0.15, 0.2) is 5.82 Å². The molecule has 28 heavy (non-hydrogen) atoms. The smallest absolute Gasteiger partial charge is 0.411 e. The molecule has 2 aromatic rings. The molecule has 0 radical (unpaired) electrons. The van der Waals surface area contributed by atoms with Gasteiger partial charge in [-0.2, -0.15) is 4.80 Å². The Bertz CT molecular complexity index is 830. The predicted octanol–water partition coefficient (Wildman–Crippen LogP) is 1.99. The Balaban J connectivity index is 1.74. The Morgan fingerprint density at radius 2 is 1.93 bits per heavy atom. The summed E-state index contributed by atoms with van der Waals surface area (Å²) in [7, 11) is 1.30. The number of carbonyl (C=O) groups excluding carboxylic acids is 2. The lowest BCUT2D eigenvalue weighted by atomic mass is 10.1. The van der Waals surface area contributed by atoms with E-state index in [0.29, 0.717) is 18.8 Å². The van der Waals surface area contributed by atoms with Crippen molar-refractivity contribution in [3.05, 3.63) is 41.7 Å². The maximum Gasteiger partial charge on any atom is 0.411 e. The van der Waals surface area contributed by atoms with Gasteiger partial charge in [0, 0.05) is 12.5 Å².